The average molecular weight is 1740 g/mol. The number of hydrogen-bond acceptors (Lipinski definition) is 29. The third kappa shape index (κ3) is 20.0. The zero-order valence-corrected chi connectivity index (χ0v) is 68.9. The monoisotopic (exact) mass is 1740 g/mol. The molecule has 0 aromatic heterocycles. The number of phenols is 3. The number of carbonyl (C=O) groups excluding carboxylic acids is 7. The van der Waals surface area contributed by atoms with Gasteiger partial charge in [0.05, 0.1) is 60.1 Å². The van der Waals surface area contributed by atoms with E-state index in [0.717, 1.165) is 60.5 Å². The number of fused-ring (bicyclic) bond motifs is 15. The first-order chi connectivity index (χ1) is 57.8. The number of nitrogens with two attached hydrogens (primary N) is 2. The van der Waals surface area contributed by atoms with Crippen LogP contribution >= 0.6 is 23.2 Å². The first kappa shape index (κ1) is 90.9. The van der Waals surface area contributed by atoms with Gasteiger partial charge in [-0.25, -0.2) is 4.79 Å². The minimum Gasteiger partial charge on any atom is -0.508 e. The van der Waals surface area contributed by atoms with Gasteiger partial charge in [0.1, 0.15) is 95.2 Å². The van der Waals surface area contributed by atoms with E-state index in [9.17, 15) is 65.4 Å². The standard InChI is InChI=1S/C83H100Cl2N10O27/c1-9-20-114-43-15-10-37(11-16-43)32-89-83(7)31-59(116-36(5)73(83)105)121-71-68(103)67(102)56(33-96)119-81(71)122-70-54-25-41-26-55(70)118-53-19-14-40(24-47(53)85)69(120-58-30-82(6,87)72(104)35(4)115-58)65-79(111)93-63(80(112)113)45-27-42(97)28-51(99)60(45)44-22-38(12-17-50(44)98)61(76(108)95-65)92-77(109)62(41)91-75(107)49(29-57(86)100)90-78(110)64(94-74(106)48(88-8)21-34(2)3)66(101)39-13-18-52(117-54)46(84)23-39/h10-19,22-28,34-36,48-49,56,58-59,61-69,71-73,81,88-89,96-99,101-105H,9,20-21,29-33,87H2,1-8H3,(H2,86,100)(H,90,110)(H,91,107)(H,92,109)(H,93,111)(H,94,106)(H,95,108)(H,112,113)/t35-,36-,48+,49-,56+,58-,59-,61+,62+,63-,64+,65-,66+,67+,68-,69+,71+,72-,73-,81-,82-,83-/m0/s1. The molecule has 22 N–H and O–H groups in total. The average Bonchev–Trinajstić information content (AvgIpc) is 0.766. The summed E-state index contributed by atoms with van der Waals surface area (Å²) in [6, 6.07) is 6.90. The number of aromatic hydroxyl groups is 3. The van der Waals surface area contributed by atoms with Gasteiger partial charge in [-0.1, -0.05) is 74.3 Å². The molecule has 658 valence electrons. The number of likely N-dealkylation sites (N-methyl/N-ethyl adjacent to an activating group) is 1. The highest BCUT2D eigenvalue weighted by Gasteiger charge is 2.53. The topological polar surface area (TPSA) is 570 Å². The van der Waals surface area contributed by atoms with Gasteiger partial charge in [0, 0.05) is 53.2 Å². The molecule has 122 heavy (non-hydrogen) atoms. The first-order valence-corrected chi connectivity index (χ1v) is 40.3. The van der Waals surface area contributed by atoms with Crippen LogP contribution in [-0.2, 0) is 68.6 Å². The second-order valence-electron chi connectivity index (χ2n) is 32.0. The van der Waals surface area contributed by atoms with E-state index in [1.54, 1.807) is 26.0 Å². The van der Waals surface area contributed by atoms with Crippen LogP contribution in [0.4, 0.5) is 0 Å². The zero-order chi connectivity index (χ0) is 88.4. The summed E-state index contributed by atoms with van der Waals surface area (Å²) in [5.41, 5.74) is 7.79. The Hall–Kier alpha value is -10.3. The van der Waals surface area contributed by atoms with Gasteiger partial charge in [0.25, 0.3) is 0 Å². The fourth-order valence-corrected chi connectivity index (χ4v) is 16.1. The summed E-state index contributed by atoms with van der Waals surface area (Å²) < 4.78 is 58.6. The molecule has 0 spiro atoms. The van der Waals surface area contributed by atoms with E-state index in [-0.39, 0.29) is 59.2 Å². The number of carboxylic acids is 1. The Labute approximate surface area is 709 Å². The van der Waals surface area contributed by atoms with Crippen molar-refractivity contribution < 1.29 is 132 Å². The van der Waals surface area contributed by atoms with Crippen LogP contribution in [0.25, 0.3) is 11.1 Å². The molecule has 14 rings (SSSR count). The van der Waals surface area contributed by atoms with Crippen LogP contribution in [0.5, 0.6) is 51.7 Å². The van der Waals surface area contributed by atoms with Crippen molar-refractivity contribution >= 4 is 70.5 Å². The maximum atomic E-state index is 16.5. The van der Waals surface area contributed by atoms with Crippen LogP contribution in [0.15, 0.2) is 103 Å². The van der Waals surface area contributed by atoms with Gasteiger partial charge in [0.15, 0.2) is 36.2 Å². The molecule has 6 aromatic carbocycles. The highest BCUT2D eigenvalue weighted by atomic mass is 35.5. The van der Waals surface area contributed by atoms with E-state index >= 15 is 24.0 Å². The molecular formula is C83H100Cl2N10O27. The predicted octanol–water partition coefficient (Wildman–Crippen LogP) is 2.96. The largest absolute Gasteiger partial charge is 0.508 e. The van der Waals surface area contributed by atoms with Gasteiger partial charge in [-0.3, -0.25) is 33.6 Å². The van der Waals surface area contributed by atoms with Gasteiger partial charge in [-0.05, 0) is 148 Å². The maximum Gasteiger partial charge on any atom is 0.330 e. The Kier molecular flexibility index (Phi) is 28.2. The molecule has 3 saturated heterocycles. The normalized spacial score (nSPS) is 30.2. The molecule has 22 atom stereocenters. The van der Waals surface area contributed by atoms with Crippen molar-refractivity contribution in [2.24, 2.45) is 17.4 Å². The van der Waals surface area contributed by atoms with E-state index < -0.39 is 261 Å². The molecule has 11 bridgehead atoms. The molecule has 7 amide bonds. The van der Waals surface area contributed by atoms with E-state index in [2.05, 4.69) is 42.5 Å². The van der Waals surface area contributed by atoms with Gasteiger partial charge in [0.2, 0.25) is 53.4 Å². The highest BCUT2D eigenvalue weighted by Crippen LogP contribution is 2.51. The van der Waals surface area contributed by atoms with E-state index in [0.29, 0.717) is 12.4 Å². The molecule has 0 saturated carbocycles. The van der Waals surface area contributed by atoms with Crippen LogP contribution < -0.4 is 72.9 Å². The highest BCUT2D eigenvalue weighted by molar-refractivity contribution is 6.32. The number of rotatable bonds is 21. The Morgan fingerprint density at radius 1 is 0.672 bits per heavy atom. The summed E-state index contributed by atoms with van der Waals surface area (Å²) in [5.74, 6) is -15.5. The van der Waals surface area contributed by atoms with Crippen molar-refractivity contribution in [2.45, 2.75) is 220 Å². The molecule has 3 fully saturated rings. The quantitative estimate of drug-likeness (QED) is 0.0492. The van der Waals surface area contributed by atoms with Gasteiger partial charge >= 0.3 is 5.97 Å². The summed E-state index contributed by atoms with van der Waals surface area (Å²) in [6.07, 6.45) is -22.1. The molecule has 0 aliphatic carbocycles. The third-order valence-electron chi connectivity index (χ3n) is 22.2. The van der Waals surface area contributed by atoms with Crippen LogP contribution in [0, 0.1) is 5.92 Å². The second kappa shape index (κ2) is 37.8. The van der Waals surface area contributed by atoms with Crippen LogP contribution in [0.1, 0.15) is 144 Å². The predicted molar refractivity (Wildman–Crippen MR) is 431 cm³/mol. The van der Waals surface area contributed by atoms with Crippen molar-refractivity contribution in [3.63, 3.8) is 0 Å². The van der Waals surface area contributed by atoms with Gasteiger partial charge < -0.3 is 148 Å². The Morgan fingerprint density at radius 3 is 1.90 bits per heavy atom. The molecule has 0 unspecified atom stereocenters. The van der Waals surface area contributed by atoms with Crippen molar-refractivity contribution in [1.29, 1.82) is 0 Å². The number of nitrogens with one attached hydrogen (secondary N) is 8. The smallest absolute Gasteiger partial charge is 0.330 e. The maximum absolute atomic E-state index is 16.5. The Balaban J connectivity index is 1.09. The number of amides is 7. The van der Waals surface area contributed by atoms with Crippen molar-refractivity contribution in [1.82, 2.24) is 42.5 Å². The lowest BCUT2D eigenvalue weighted by atomic mass is 9.84. The number of carbonyl (C=O) groups is 8. The number of halogens is 2. The number of aliphatic hydroxyl groups is 6. The Morgan fingerprint density at radius 2 is 1.29 bits per heavy atom. The van der Waals surface area contributed by atoms with E-state index in [4.69, 9.17) is 77.3 Å². The van der Waals surface area contributed by atoms with E-state index in [1.807, 2.05) is 32.9 Å². The third-order valence-corrected chi connectivity index (χ3v) is 22.8. The lowest BCUT2D eigenvalue weighted by molar-refractivity contribution is -0.334. The molecule has 0 radical (unpaired) electrons. The Bertz CT molecular complexity index is 4920. The van der Waals surface area contributed by atoms with Gasteiger partial charge in [-0.15, -0.1) is 0 Å². The van der Waals surface area contributed by atoms with Crippen molar-refractivity contribution in [2.75, 3.05) is 20.3 Å². The minimum absolute atomic E-state index is 0.117. The summed E-state index contributed by atoms with van der Waals surface area (Å²) in [4.78, 5) is 121. The summed E-state index contributed by atoms with van der Waals surface area (Å²) in [6.45, 7) is 11.5. The second-order valence-corrected chi connectivity index (χ2v) is 32.8. The number of aliphatic carboxylic acids is 1. The molecular weight excluding hydrogens is 1640 g/mol. The number of ether oxygens (including phenoxy) is 9. The number of benzene rings is 6. The molecule has 37 nitrogen and oxygen atoms in total. The fourth-order valence-electron chi connectivity index (χ4n) is 15.6. The fraction of sp³-hybridized carbons (Fsp3) is 0.470. The SMILES string of the molecule is CCCOc1ccc(CN[C@@]2(C)C[C@H](O[C@H]3[C@H](Oc4c5cc6cc4Oc4ccc(cc4Cl)[C@@H](O[C@H]4C[C@](C)(N)[C@@H](O)[C@H](C)O4)[C@@H]4NC(=O)[C@H](NC(=O)[C@@H]6NC(=O)[C@H](CC(N)=O)NC(=O)[C@H](NC(=O)[C@@H](CC(C)C)NC)[C@H](O)c6ccc(c(Cl)c6)O5)c5ccc(O)c(c5)-c5c(O)cc(O)cc5[C@@H](C(=O)O)NC4=O)O[C@H](CO)[C@@H](O)[C@@H]3O)O[C@@H](C)[C@@H]2O)cc1. The summed E-state index contributed by atoms with van der Waals surface area (Å²) >= 11 is 14.6. The minimum atomic E-state index is -2.39. The van der Waals surface area contributed by atoms with E-state index in [1.165, 1.54) is 51.2 Å². The van der Waals surface area contributed by atoms with Crippen LogP contribution in [-0.4, -0.2) is 222 Å². The van der Waals surface area contributed by atoms with Crippen LogP contribution in [0.3, 0.4) is 0 Å². The number of primary amides is 1. The number of aliphatic hydroxyl groups excluding tert-OH is 6. The number of carboxylic acid groups (broad SMARTS) is 1. The molecule has 39 heteroatoms. The molecule has 8 heterocycles. The van der Waals surface area contributed by atoms with Crippen molar-refractivity contribution in [3.05, 3.63) is 147 Å². The summed E-state index contributed by atoms with van der Waals surface area (Å²) in [7, 11) is 1.48. The molecule has 6 aromatic rings. The molecule has 8 aliphatic rings. The van der Waals surface area contributed by atoms with Crippen LogP contribution in [0.2, 0.25) is 10.0 Å². The van der Waals surface area contributed by atoms with Gasteiger partial charge in [-0.2, -0.15) is 0 Å². The lowest BCUT2D eigenvalue weighted by Gasteiger charge is -2.48. The number of hydrogen-bond donors (Lipinski definition) is 20. The lowest BCUT2D eigenvalue weighted by Crippen LogP contribution is -2.65. The number of phenolic OH excluding ortho intramolecular Hbond substituents is 3. The zero-order valence-electron chi connectivity index (χ0n) is 67.4. The summed E-state index contributed by atoms with van der Waals surface area (Å²) in [5, 5.41) is 137. The molecule has 8 aliphatic heterocycles. The first-order valence-electron chi connectivity index (χ1n) is 39.5. The van der Waals surface area contributed by atoms with Crippen molar-refractivity contribution in [3.8, 4) is 62.9 Å².